The lowest BCUT2D eigenvalue weighted by molar-refractivity contribution is 0.0165. The third-order valence-electron chi connectivity index (χ3n) is 4.39. The molecule has 9 heteroatoms. The number of hydrogen-bond donors (Lipinski definition) is 1. The summed E-state index contributed by atoms with van der Waals surface area (Å²) >= 11 is 0. The van der Waals surface area contributed by atoms with Crippen molar-refractivity contribution in [3.63, 3.8) is 0 Å². The Morgan fingerprint density at radius 1 is 1.55 bits per heavy atom. The van der Waals surface area contributed by atoms with Crippen molar-refractivity contribution in [1.82, 2.24) is 9.78 Å². The summed E-state index contributed by atoms with van der Waals surface area (Å²) in [4.78, 5) is 0.381. The van der Waals surface area contributed by atoms with Crippen molar-refractivity contribution in [3.05, 3.63) is 6.20 Å². The molecule has 2 rings (SSSR count). The van der Waals surface area contributed by atoms with E-state index in [4.69, 9.17) is 14.6 Å². The zero-order valence-electron chi connectivity index (χ0n) is 14.1. The number of rotatable bonds is 3. The summed E-state index contributed by atoms with van der Waals surface area (Å²) in [5, 5.41) is 10.3. The Morgan fingerprint density at radius 2 is 2.18 bits per heavy atom. The molecule has 126 valence electrons. The van der Waals surface area contributed by atoms with Gasteiger partial charge in [-0.3, -0.25) is 4.03 Å². The van der Waals surface area contributed by atoms with Gasteiger partial charge in [-0.25, -0.2) is 14.0 Å². The van der Waals surface area contributed by atoms with E-state index in [0.717, 1.165) is 0 Å². The largest absolute Gasteiger partial charge is 0.474 e. The standard InChI is InChI=1S/C13H26N4O3SSi/c1-13(2,3)22(5,6)16-21(14,18)11-7-15-17-8-10(19-4)9-20-12(11)17/h7,10H,8-9H2,1-6H3,(H2,14,16,18). The fourth-order valence-electron chi connectivity index (χ4n) is 1.92. The van der Waals surface area contributed by atoms with E-state index in [1.807, 2.05) is 0 Å². The molecule has 0 saturated heterocycles. The van der Waals surface area contributed by atoms with Gasteiger partial charge in [-0.1, -0.05) is 20.8 Å². The van der Waals surface area contributed by atoms with Crippen molar-refractivity contribution < 1.29 is 13.7 Å². The Kier molecular flexibility index (Phi) is 4.46. The van der Waals surface area contributed by atoms with Crippen LogP contribution in [0.25, 0.3) is 0 Å². The molecular formula is C13H26N4O3SSi. The first-order valence-electron chi connectivity index (χ1n) is 7.25. The highest BCUT2D eigenvalue weighted by molar-refractivity contribution is 7.92. The van der Waals surface area contributed by atoms with E-state index in [0.29, 0.717) is 23.9 Å². The van der Waals surface area contributed by atoms with Gasteiger partial charge in [0.25, 0.3) is 0 Å². The zero-order chi connectivity index (χ0) is 16.8. The maximum atomic E-state index is 13.0. The van der Waals surface area contributed by atoms with Crippen LogP contribution in [0.1, 0.15) is 20.8 Å². The number of hydrogen-bond acceptors (Lipinski definition) is 5. The molecule has 1 aromatic heterocycles. The molecule has 0 amide bonds. The molecule has 2 atom stereocenters. The fraction of sp³-hybridized carbons (Fsp3) is 0.769. The molecule has 0 fully saturated rings. The van der Waals surface area contributed by atoms with Gasteiger partial charge >= 0.3 is 0 Å². The van der Waals surface area contributed by atoms with E-state index in [1.165, 1.54) is 6.20 Å². The molecule has 1 aliphatic rings. The summed E-state index contributed by atoms with van der Waals surface area (Å²) < 4.78 is 30.2. The average Bonchev–Trinajstić information content (AvgIpc) is 2.79. The Hall–Kier alpha value is -0.903. The molecule has 0 saturated carbocycles. The van der Waals surface area contributed by atoms with Crippen LogP contribution in [-0.2, 0) is 21.2 Å². The van der Waals surface area contributed by atoms with Crippen LogP contribution in [0.3, 0.4) is 0 Å². The Bertz CT molecular complexity index is 671. The summed E-state index contributed by atoms with van der Waals surface area (Å²) in [7, 11) is -3.56. The average molecular weight is 347 g/mol. The van der Waals surface area contributed by atoms with Crippen molar-refractivity contribution in [2.45, 2.75) is 56.4 Å². The topological polar surface area (TPSA) is 91.7 Å². The Balaban J connectivity index is 2.45. The van der Waals surface area contributed by atoms with Crippen molar-refractivity contribution in [2.75, 3.05) is 13.7 Å². The highest BCUT2D eigenvalue weighted by Gasteiger charge is 2.38. The molecule has 7 nitrogen and oxygen atoms in total. The van der Waals surface area contributed by atoms with Gasteiger partial charge in [0.05, 0.1) is 12.7 Å². The molecule has 22 heavy (non-hydrogen) atoms. The first-order chi connectivity index (χ1) is 9.98. The summed E-state index contributed by atoms with van der Waals surface area (Å²) in [6.07, 6.45) is 1.44. The first kappa shape index (κ1) is 17.5. The highest BCUT2D eigenvalue weighted by atomic mass is 32.2. The SMILES string of the molecule is COC1COc2c(S(N)(=O)=N[Si](C)(C)C(C)(C)C)cnn2C1. The maximum Gasteiger partial charge on any atom is 0.230 e. The lowest BCUT2D eigenvalue weighted by atomic mass is 10.2. The smallest absolute Gasteiger partial charge is 0.230 e. The monoisotopic (exact) mass is 346 g/mol. The number of nitrogens with zero attached hydrogens (tertiary/aromatic N) is 3. The number of ether oxygens (including phenoxy) is 2. The van der Waals surface area contributed by atoms with Gasteiger partial charge in [-0.05, 0) is 18.1 Å². The fourth-order valence-corrected chi connectivity index (χ4v) is 6.73. The lowest BCUT2D eigenvalue weighted by Crippen LogP contribution is -2.38. The van der Waals surface area contributed by atoms with Crippen LogP contribution in [0.5, 0.6) is 5.88 Å². The van der Waals surface area contributed by atoms with Gasteiger partial charge in [-0.2, -0.15) is 5.10 Å². The number of aromatic nitrogens is 2. The molecule has 0 radical (unpaired) electrons. The molecule has 1 aromatic rings. The molecule has 0 aliphatic carbocycles. The number of methoxy groups -OCH3 is 1. The summed E-state index contributed by atoms with van der Waals surface area (Å²) in [6.45, 7) is 11.4. The minimum atomic E-state index is -3.04. The number of fused-ring (bicyclic) bond motifs is 1. The Labute approximate surface area is 133 Å². The van der Waals surface area contributed by atoms with Gasteiger partial charge < -0.3 is 9.47 Å². The Morgan fingerprint density at radius 3 is 2.73 bits per heavy atom. The molecule has 0 aromatic carbocycles. The second-order valence-corrected chi connectivity index (χ2v) is 14.1. The molecule has 2 heterocycles. The van der Waals surface area contributed by atoms with Gasteiger partial charge in [0.2, 0.25) is 5.88 Å². The number of nitrogens with two attached hydrogens (primary N) is 1. The summed E-state index contributed by atoms with van der Waals surface area (Å²) in [5.41, 5.74) is 0. The van der Waals surface area contributed by atoms with Crippen LogP contribution in [0, 0.1) is 0 Å². The predicted molar refractivity (Wildman–Crippen MR) is 88.7 cm³/mol. The van der Waals surface area contributed by atoms with E-state index >= 15 is 0 Å². The summed E-state index contributed by atoms with van der Waals surface area (Å²) in [5.74, 6) is 0.447. The van der Waals surface area contributed by atoms with Gasteiger partial charge in [0.1, 0.15) is 27.5 Å². The van der Waals surface area contributed by atoms with Crippen LogP contribution in [-0.4, -0.2) is 42.0 Å². The van der Waals surface area contributed by atoms with E-state index in [-0.39, 0.29) is 11.1 Å². The molecular weight excluding hydrogens is 320 g/mol. The quantitative estimate of drug-likeness (QED) is 0.847. The lowest BCUT2D eigenvalue weighted by Gasteiger charge is -2.32. The third-order valence-corrected chi connectivity index (χ3v) is 11.9. The maximum absolute atomic E-state index is 13.0. The predicted octanol–water partition coefficient (Wildman–Crippen LogP) is 2.00. The van der Waals surface area contributed by atoms with Crippen LogP contribution < -0.4 is 9.88 Å². The van der Waals surface area contributed by atoms with Crippen molar-refractivity contribution in [1.29, 1.82) is 0 Å². The van der Waals surface area contributed by atoms with Crippen LogP contribution in [0.15, 0.2) is 15.1 Å². The van der Waals surface area contributed by atoms with Crippen molar-refractivity contribution in [3.8, 4) is 5.88 Å². The minimum Gasteiger partial charge on any atom is -0.474 e. The molecule has 2 unspecified atom stereocenters. The third kappa shape index (κ3) is 3.22. The second kappa shape index (κ2) is 5.62. The van der Waals surface area contributed by atoms with E-state index in [2.05, 4.69) is 43.0 Å². The summed E-state index contributed by atoms with van der Waals surface area (Å²) in [6, 6.07) is 0. The van der Waals surface area contributed by atoms with Crippen molar-refractivity contribution >= 4 is 18.2 Å². The first-order valence-corrected chi connectivity index (χ1v) is 11.8. The molecule has 0 spiro atoms. The van der Waals surface area contributed by atoms with E-state index in [9.17, 15) is 4.21 Å². The van der Waals surface area contributed by atoms with Crippen LogP contribution in [0.4, 0.5) is 0 Å². The van der Waals surface area contributed by atoms with Gasteiger partial charge in [0.15, 0.2) is 8.24 Å². The van der Waals surface area contributed by atoms with E-state index < -0.39 is 18.2 Å². The minimum absolute atomic E-state index is 0.0374. The molecule has 2 N–H and O–H groups in total. The normalized spacial score (nSPS) is 21.7. The zero-order valence-corrected chi connectivity index (χ0v) is 15.9. The highest BCUT2D eigenvalue weighted by Crippen LogP contribution is 2.38. The second-order valence-electron chi connectivity index (χ2n) is 7.13. The van der Waals surface area contributed by atoms with Gasteiger partial charge in [0, 0.05) is 7.11 Å². The van der Waals surface area contributed by atoms with Gasteiger partial charge in [-0.15, -0.1) is 0 Å². The van der Waals surface area contributed by atoms with Crippen LogP contribution >= 0.6 is 0 Å². The molecule has 0 bridgehead atoms. The van der Waals surface area contributed by atoms with Crippen LogP contribution in [0.2, 0.25) is 18.1 Å². The molecule has 1 aliphatic heterocycles. The van der Waals surface area contributed by atoms with Crippen molar-refractivity contribution in [2.24, 2.45) is 9.17 Å². The van der Waals surface area contributed by atoms with E-state index in [1.54, 1.807) is 11.8 Å².